The summed E-state index contributed by atoms with van der Waals surface area (Å²) in [7, 11) is 5.26. The third-order valence-corrected chi connectivity index (χ3v) is 3.86. The molecule has 0 N–H and O–H groups in total. The number of carbonyl (C=O) groups is 3. The van der Waals surface area contributed by atoms with Gasteiger partial charge in [-0.15, -0.1) is 0 Å². The molecule has 1 aromatic carbocycles. The van der Waals surface area contributed by atoms with Gasteiger partial charge in [-0.2, -0.15) is 0 Å². The Hall–Kier alpha value is -2.29. The Kier molecular flexibility index (Phi) is 7.50. The van der Waals surface area contributed by atoms with Gasteiger partial charge in [0.1, 0.15) is 29.1 Å². The Morgan fingerprint density at radius 2 is 1.33 bits per heavy atom. The summed E-state index contributed by atoms with van der Waals surface area (Å²) in [5.74, 6) is -1.16. The van der Waals surface area contributed by atoms with E-state index in [2.05, 4.69) is 25.4 Å². The minimum Gasteiger partial charge on any atom is -0.495 e. The quantitative estimate of drug-likeness (QED) is 0.632. The number of esters is 2. The van der Waals surface area contributed by atoms with E-state index in [1.807, 2.05) is 0 Å². The first-order chi connectivity index (χ1) is 11.4. The number of carbonyl (C=O) groups excluding carboxylic acids is 3. The van der Waals surface area contributed by atoms with Gasteiger partial charge in [-0.05, 0) is 28.1 Å². The van der Waals surface area contributed by atoms with Crippen molar-refractivity contribution in [3.05, 3.63) is 22.2 Å². The molecule has 0 radical (unpaired) electrons. The van der Waals surface area contributed by atoms with Crippen molar-refractivity contribution in [2.24, 2.45) is 0 Å². The van der Waals surface area contributed by atoms with Gasteiger partial charge < -0.3 is 23.8 Å². The highest BCUT2D eigenvalue weighted by atomic mass is 79.9. The molecule has 0 bridgehead atoms. The number of hydrogen-bond donors (Lipinski definition) is 0. The van der Waals surface area contributed by atoms with Crippen LogP contribution in [0.3, 0.4) is 0 Å². The third kappa shape index (κ3) is 4.85. The summed E-state index contributed by atoms with van der Waals surface area (Å²) >= 11 is 3.30. The summed E-state index contributed by atoms with van der Waals surface area (Å²) in [5, 5.41) is 0. The molecule has 1 amide bonds. The lowest BCUT2D eigenvalue weighted by Crippen LogP contribution is -2.40. The van der Waals surface area contributed by atoms with Crippen LogP contribution in [-0.2, 0) is 19.1 Å². The first-order valence-electron chi connectivity index (χ1n) is 6.72. The number of ether oxygens (including phenoxy) is 4. The molecule has 0 spiro atoms. The fourth-order valence-corrected chi connectivity index (χ4v) is 2.37. The Morgan fingerprint density at radius 1 is 0.917 bits per heavy atom. The smallest absolute Gasteiger partial charge is 0.325 e. The first-order valence-corrected chi connectivity index (χ1v) is 7.51. The highest BCUT2D eigenvalue weighted by Crippen LogP contribution is 2.35. The summed E-state index contributed by atoms with van der Waals surface area (Å²) in [4.78, 5) is 36.7. The van der Waals surface area contributed by atoms with Crippen LogP contribution < -0.4 is 9.47 Å². The second kappa shape index (κ2) is 9.11. The highest BCUT2D eigenvalue weighted by Gasteiger charge is 2.24. The van der Waals surface area contributed by atoms with Crippen molar-refractivity contribution in [1.29, 1.82) is 0 Å². The van der Waals surface area contributed by atoms with Crippen molar-refractivity contribution in [3.8, 4) is 11.5 Å². The zero-order valence-corrected chi connectivity index (χ0v) is 15.3. The molecular formula is C15H18BrNO7. The molecule has 0 aliphatic heterocycles. The van der Waals surface area contributed by atoms with Crippen molar-refractivity contribution >= 4 is 33.8 Å². The molecular weight excluding hydrogens is 386 g/mol. The molecule has 0 saturated heterocycles. The predicted octanol–water partition coefficient (Wildman–Crippen LogP) is 1.25. The predicted molar refractivity (Wildman–Crippen MR) is 87.2 cm³/mol. The van der Waals surface area contributed by atoms with Crippen molar-refractivity contribution < 1.29 is 33.3 Å². The minimum absolute atomic E-state index is 0.180. The maximum absolute atomic E-state index is 12.7. The van der Waals surface area contributed by atoms with E-state index in [9.17, 15) is 14.4 Å². The summed E-state index contributed by atoms with van der Waals surface area (Å²) in [6.45, 7) is -0.795. The number of nitrogens with zero attached hydrogens (tertiary/aromatic N) is 1. The second-order valence-corrected chi connectivity index (χ2v) is 5.30. The molecule has 0 atom stereocenters. The third-order valence-electron chi connectivity index (χ3n) is 3.08. The number of methoxy groups -OCH3 is 4. The molecule has 1 rings (SSSR count). The number of benzene rings is 1. The molecule has 24 heavy (non-hydrogen) atoms. The summed E-state index contributed by atoms with van der Waals surface area (Å²) in [6, 6.07) is 2.94. The van der Waals surface area contributed by atoms with E-state index in [0.717, 1.165) is 4.90 Å². The molecule has 8 nitrogen and oxygen atoms in total. The molecule has 0 aromatic heterocycles. The maximum atomic E-state index is 12.7. The monoisotopic (exact) mass is 403 g/mol. The molecule has 132 valence electrons. The molecule has 0 fully saturated rings. The number of amides is 1. The van der Waals surface area contributed by atoms with Crippen molar-refractivity contribution in [2.45, 2.75) is 0 Å². The number of rotatable bonds is 7. The van der Waals surface area contributed by atoms with Gasteiger partial charge in [0.25, 0.3) is 5.91 Å². The van der Waals surface area contributed by atoms with Gasteiger partial charge in [0.05, 0.1) is 28.4 Å². The van der Waals surface area contributed by atoms with Crippen LogP contribution in [0, 0.1) is 0 Å². The topological polar surface area (TPSA) is 91.4 Å². The molecule has 1 aromatic rings. The van der Waals surface area contributed by atoms with Crippen LogP contribution in [0.15, 0.2) is 16.6 Å². The van der Waals surface area contributed by atoms with Gasteiger partial charge in [-0.3, -0.25) is 14.4 Å². The van der Waals surface area contributed by atoms with Crippen LogP contribution in [-0.4, -0.2) is 64.3 Å². The first kappa shape index (κ1) is 19.8. The largest absolute Gasteiger partial charge is 0.495 e. The lowest BCUT2D eigenvalue weighted by Gasteiger charge is -2.21. The molecule has 0 aliphatic carbocycles. The Balaban J connectivity index is 3.21. The van der Waals surface area contributed by atoms with Crippen LogP contribution in [0.25, 0.3) is 0 Å². The van der Waals surface area contributed by atoms with Crippen molar-refractivity contribution in [1.82, 2.24) is 4.90 Å². The van der Waals surface area contributed by atoms with Crippen LogP contribution in [0.1, 0.15) is 10.4 Å². The fraction of sp³-hybridized carbons (Fsp3) is 0.400. The van der Waals surface area contributed by atoms with Crippen LogP contribution in [0.5, 0.6) is 11.5 Å². The van der Waals surface area contributed by atoms with Gasteiger partial charge in [0.15, 0.2) is 0 Å². The fourth-order valence-electron chi connectivity index (χ4n) is 1.82. The Labute approximate surface area is 147 Å². The van der Waals surface area contributed by atoms with Crippen molar-refractivity contribution in [2.75, 3.05) is 41.5 Å². The Morgan fingerprint density at radius 3 is 1.67 bits per heavy atom. The van der Waals surface area contributed by atoms with E-state index < -0.39 is 30.9 Å². The van der Waals surface area contributed by atoms with Gasteiger partial charge in [-0.1, -0.05) is 0 Å². The minimum atomic E-state index is -0.664. The standard InChI is InChI=1S/C15H18BrNO7/c1-21-10-5-9(6-11(22-2)14(10)16)15(20)17(7-12(18)23-3)8-13(19)24-4/h5-6H,7-8H2,1-4H3. The van der Waals surface area contributed by atoms with Gasteiger partial charge in [0.2, 0.25) is 0 Å². The lowest BCUT2D eigenvalue weighted by atomic mass is 10.1. The number of hydrogen-bond acceptors (Lipinski definition) is 7. The summed E-state index contributed by atoms with van der Waals surface area (Å²) in [6.07, 6.45) is 0. The zero-order chi connectivity index (χ0) is 18.3. The van der Waals surface area contributed by atoms with E-state index in [0.29, 0.717) is 16.0 Å². The van der Waals surface area contributed by atoms with E-state index in [1.165, 1.54) is 40.6 Å². The van der Waals surface area contributed by atoms with E-state index in [-0.39, 0.29) is 5.56 Å². The van der Waals surface area contributed by atoms with E-state index >= 15 is 0 Å². The van der Waals surface area contributed by atoms with E-state index in [4.69, 9.17) is 9.47 Å². The average molecular weight is 404 g/mol. The maximum Gasteiger partial charge on any atom is 0.325 e. The SMILES string of the molecule is COC(=O)CN(CC(=O)OC)C(=O)c1cc(OC)c(Br)c(OC)c1. The van der Waals surface area contributed by atoms with Crippen LogP contribution >= 0.6 is 15.9 Å². The average Bonchev–Trinajstić information content (AvgIpc) is 2.60. The molecule has 0 aliphatic rings. The highest BCUT2D eigenvalue weighted by molar-refractivity contribution is 9.10. The second-order valence-electron chi connectivity index (χ2n) is 4.51. The number of halogens is 1. The molecule has 0 unspecified atom stereocenters. The van der Waals surface area contributed by atoms with Gasteiger partial charge in [0, 0.05) is 5.56 Å². The molecule has 0 saturated carbocycles. The van der Waals surface area contributed by atoms with Crippen LogP contribution in [0.2, 0.25) is 0 Å². The lowest BCUT2D eigenvalue weighted by molar-refractivity contribution is -0.144. The van der Waals surface area contributed by atoms with E-state index in [1.54, 1.807) is 0 Å². The molecule has 9 heteroatoms. The summed E-state index contributed by atoms with van der Waals surface area (Å²) in [5.41, 5.74) is 0.180. The molecule has 0 heterocycles. The summed E-state index contributed by atoms with van der Waals surface area (Å²) < 4.78 is 20.0. The van der Waals surface area contributed by atoms with Crippen LogP contribution in [0.4, 0.5) is 0 Å². The van der Waals surface area contributed by atoms with Gasteiger partial charge in [-0.25, -0.2) is 0 Å². The van der Waals surface area contributed by atoms with Crippen molar-refractivity contribution in [3.63, 3.8) is 0 Å². The van der Waals surface area contributed by atoms with Gasteiger partial charge >= 0.3 is 11.9 Å². The normalized spacial score (nSPS) is 9.88. The Bertz CT molecular complexity index is 589. The zero-order valence-electron chi connectivity index (χ0n) is 13.8.